The largest absolute Gasteiger partial charge is 0.382 e. The first-order valence-corrected chi connectivity index (χ1v) is 10.4. The van der Waals surface area contributed by atoms with E-state index in [1.165, 1.54) is 51.4 Å². The topological polar surface area (TPSA) is 50.4 Å². The first-order chi connectivity index (χ1) is 11.8. The second-order valence-corrected chi connectivity index (χ2v) is 6.58. The molecule has 0 radical (unpaired) electrons. The number of ether oxygens (including phenoxy) is 1. The molecule has 0 aliphatic heterocycles. The number of rotatable bonds is 19. The van der Waals surface area contributed by atoms with Gasteiger partial charge in [0.1, 0.15) is 0 Å². The third-order valence-corrected chi connectivity index (χ3v) is 4.23. The van der Waals surface area contributed by atoms with Gasteiger partial charge in [0.2, 0.25) is 5.91 Å². The number of carbonyl (C=O) groups is 1. The van der Waals surface area contributed by atoms with Crippen LogP contribution in [0.3, 0.4) is 0 Å². The van der Waals surface area contributed by atoms with Gasteiger partial charge in [0, 0.05) is 32.7 Å². The average Bonchev–Trinajstić information content (AvgIpc) is 2.59. The molecule has 0 saturated heterocycles. The van der Waals surface area contributed by atoms with Gasteiger partial charge in [-0.1, -0.05) is 58.3 Å². The SMILES string of the molecule is CCCCCCCCCCCC(=O)NCCNCCCCOCC. The Morgan fingerprint density at radius 3 is 2.08 bits per heavy atom. The lowest BCUT2D eigenvalue weighted by Crippen LogP contribution is -2.32. The lowest BCUT2D eigenvalue weighted by Gasteiger charge is -2.07. The Bertz CT molecular complexity index is 236. The zero-order valence-corrected chi connectivity index (χ0v) is 16.3. The summed E-state index contributed by atoms with van der Waals surface area (Å²) >= 11 is 0. The molecule has 0 saturated carbocycles. The maximum Gasteiger partial charge on any atom is 0.220 e. The Hall–Kier alpha value is -0.610. The van der Waals surface area contributed by atoms with Crippen molar-refractivity contribution in [3.8, 4) is 0 Å². The van der Waals surface area contributed by atoms with E-state index in [1.54, 1.807) is 0 Å². The quantitative estimate of drug-likeness (QED) is 0.341. The van der Waals surface area contributed by atoms with E-state index < -0.39 is 0 Å². The van der Waals surface area contributed by atoms with Gasteiger partial charge >= 0.3 is 0 Å². The van der Waals surface area contributed by atoms with Gasteiger partial charge in [-0.3, -0.25) is 4.79 Å². The highest BCUT2D eigenvalue weighted by Crippen LogP contribution is 2.10. The summed E-state index contributed by atoms with van der Waals surface area (Å²) in [7, 11) is 0. The predicted octanol–water partition coefficient (Wildman–Crippen LogP) is 4.43. The zero-order valence-electron chi connectivity index (χ0n) is 16.3. The van der Waals surface area contributed by atoms with Crippen LogP contribution in [0.5, 0.6) is 0 Å². The molecular weight excluding hydrogens is 300 g/mol. The number of amides is 1. The second-order valence-electron chi connectivity index (χ2n) is 6.58. The Kier molecular flexibility index (Phi) is 19.9. The molecule has 0 aliphatic rings. The summed E-state index contributed by atoms with van der Waals surface area (Å²) in [6.45, 7) is 8.54. The molecule has 0 aromatic heterocycles. The third-order valence-electron chi connectivity index (χ3n) is 4.23. The van der Waals surface area contributed by atoms with Crippen molar-refractivity contribution in [2.45, 2.75) is 90.9 Å². The fourth-order valence-electron chi connectivity index (χ4n) is 2.70. The summed E-state index contributed by atoms with van der Waals surface area (Å²) in [6, 6.07) is 0. The lowest BCUT2D eigenvalue weighted by atomic mass is 10.1. The third kappa shape index (κ3) is 19.4. The molecular formula is C20H42N2O2. The van der Waals surface area contributed by atoms with Crippen LogP contribution < -0.4 is 10.6 Å². The van der Waals surface area contributed by atoms with Gasteiger partial charge in [-0.25, -0.2) is 0 Å². The van der Waals surface area contributed by atoms with Crippen molar-refractivity contribution in [2.75, 3.05) is 32.8 Å². The Labute approximate surface area is 150 Å². The molecule has 0 bridgehead atoms. The van der Waals surface area contributed by atoms with Crippen molar-refractivity contribution in [3.05, 3.63) is 0 Å². The van der Waals surface area contributed by atoms with Gasteiger partial charge < -0.3 is 15.4 Å². The zero-order chi connectivity index (χ0) is 17.7. The molecule has 0 aliphatic carbocycles. The molecule has 0 atom stereocenters. The Balaban J connectivity index is 3.13. The van der Waals surface area contributed by atoms with E-state index in [4.69, 9.17) is 4.74 Å². The van der Waals surface area contributed by atoms with E-state index in [0.717, 1.165) is 52.1 Å². The van der Waals surface area contributed by atoms with Crippen molar-refractivity contribution >= 4 is 5.91 Å². The van der Waals surface area contributed by atoms with Gasteiger partial charge in [0.25, 0.3) is 0 Å². The summed E-state index contributed by atoms with van der Waals surface area (Å²) in [5.74, 6) is 0.205. The molecule has 0 fully saturated rings. The van der Waals surface area contributed by atoms with E-state index >= 15 is 0 Å². The molecule has 0 spiro atoms. The lowest BCUT2D eigenvalue weighted by molar-refractivity contribution is -0.121. The minimum Gasteiger partial charge on any atom is -0.382 e. The highest BCUT2D eigenvalue weighted by Gasteiger charge is 2.00. The fourth-order valence-corrected chi connectivity index (χ4v) is 2.70. The molecule has 0 heterocycles. The highest BCUT2D eigenvalue weighted by atomic mass is 16.5. The van der Waals surface area contributed by atoms with Crippen LogP contribution in [-0.4, -0.2) is 38.8 Å². The number of hydrogen-bond acceptors (Lipinski definition) is 3. The van der Waals surface area contributed by atoms with E-state index in [2.05, 4.69) is 17.6 Å². The number of unbranched alkanes of at least 4 members (excludes halogenated alkanes) is 9. The first-order valence-electron chi connectivity index (χ1n) is 10.4. The van der Waals surface area contributed by atoms with Gasteiger partial charge in [-0.05, 0) is 32.7 Å². The second kappa shape index (κ2) is 20.4. The van der Waals surface area contributed by atoms with Crippen molar-refractivity contribution in [1.29, 1.82) is 0 Å². The molecule has 0 aromatic carbocycles. The fraction of sp³-hybridized carbons (Fsp3) is 0.950. The first kappa shape index (κ1) is 23.4. The molecule has 144 valence electrons. The number of carbonyl (C=O) groups excluding carboxylic acids is 1. The summed E-state index contributed by atoms with van der Waals surface area (Å²) < 4.78 is 5.29. The van der Waals surface area contributed by atoms with E-state index in [-0.39, 0.29) is 5.91 Å². The Morgan fingerprint density at radius 2 is 1.42 bits per heavy atom. The molecule has 4 heteroatoms. The molecule has 0 aromatic rings. The van der Waals surface area contributed by atoms with Crippen LogP contribution in [0.2, 0.25) is 0 Å². The standard InChI is InChI=1S/C20H42N2O2/c1-3-5-6-7-8-9-10-11-12-15-20(23)22-18-17-21-16-13-14-19-24-4-2/h21H,3-19H2,1-2H3,(H,22,23). The van der Waals surface area contributed by atoms with Crippen molar-refractivity contribution in [1.82, 2.24) is 10.6 Å². The molecule has 2 N–H and O–H groups in total. The predicted molar refractivity (Wildman–Crippen MR) is 103 cm³/mol. The van der Waals surface area contributed by atoms with Gasteiger partial charge in [0.05, 0.1) is 0 Å². The number of hydrogen-bond donors (Lipinski definition) is 2. The van der Waals surface area contributed by atoms with Crippen LogP contribution in [0.25, 0.3) is 0 Å². The maximum atomic E-state index is 11.7. The molecule has 4 nitrogen and oxygen atoms in total. The minimum atomic E-state index is 0.205. The van der Waals surface area contributed by atoms with Crippen LogP contribution in [0.15, 0.2) is 0 Å². The highest BCUT2D eigenvalue weighted by molar-refractivity contribution is 5.75. The minimum absolute atomic E-state index is 0.205. The monoisotopic (exact) mass is 342 g/mol. The summed E-state index contributed by atoms with van der Waals surface area (Å²) in [6.07, 6.45) is 14.6. The smallest absolute Gasteiger partial charge is 0.220 e. The molecule has 0 rings (SSSR count). The van der Waals surface area contributed by atoms with E-state index in [9.17, 15) is 4.79 Å². The van der Waals surface area contributed by atoms with Crippen LogP contribution in [0, 0.1) is 0 Å². The van der Waals surface area contributed by atoms with Crippen LogP contribution >= 0.6 is 0 Å². The van der Waals surface area contributed by atoms with E-state index in [1.807, 2.05) is 6.92 Å². The van der Waals surface area contributed by atoms with Crippen LogP contribution in [-0.2, 0) is 9.53 Å². The van der Waals surface area contributed by atoms with Gasteiger partial charge in [0.15, 0.2) is 0 Å². The summed E-state index contributed by atoms with van der Waals surface area (Å²) in [5.41, 5.74) is 0. The average molecular weight is 343 g/mol. The molecule has 0 unspecified atom stereocenters. The van der Waals surface area contributed by atoms with E-state index in [0.29, 0.717) is 6.42 Å². The van der Waals surface area contributed by atoms with Gasteiger partial charge in [-0.15, -0.1) is 0 Å². The molecule has 24 heavy (non-hydrogen) atoms. The van der Waals surface area contributed by atoms with Crippen molar-refractivity contribution in [3.63, 3.8) is 0 Å². The van der Waals surface area contributed by atoms with Gasteiger partial charge in [-0.2, -0.15) is 0 Å². The van der Waals surface area contributed by atoms with Crippen molar-refractivity contribution < 1.29 is 9.53 Å². The number of nitrogens with one attached hydrogen (secondary N) is 2. The maximum absolute atomic E-state index is 11.7. The summed E-state index contributed by atoms with van der Waals surface area (Å²) in [5, 5.41) is 6.35. The van der Waals surface area contributed by atoms with Crippen molar-refractivity contribution in [2.24, 2.45) is 0 Å². The summed E-state index contributed by atoms with van der Waals surface area (Å²) in [4.78, 5) is 11.7. The van der Waals surface area contributed by atoms with Crippen LogP contribution in [0.1, 0.15) is 90.9 Å². The Morgan fingerprint density at radius 1 is 0.750 bits per heavy atom. The molecule has 1 amide bonds. The normalized spacial score (nSPS) is 10.9. The van der Waals surface area contributed by atoms with Crippen LogP contribution in [0.4, 0.5) is 0 Å².